The smallest absolute Gasteiger partial charge is 0.328 e. The maximum Gasteiger partial charge on any atom is 0.328 e. The highest BCUT2D eigenvalue weighted by atomic mass is 32.2. The summed E-state index contributed by atoms with van der Waals surface area (Å²) in [5.74, 6) is -1.14. The standard InChI is InChI=1S/C19H22N2O5S/c1-21(2)27(24,25)16-11-7-10-15(13-16)18(22)20-17(19(23)26-3)12-14-8-5-4-6-9-14/h4-11,13,17H,12H2,1-3H3,(H,20,22)/t17-/m0/s1. The molecule has 0 unspecified atom stereocenters. The van der Waals surface area contributed by atoms with Gasteiger partial charge in [0.1, 0.15) is 6.04 Å². The summed E-state index contributed by atoms with van der Waals surface area (Å²) < 4.78 is 30.3. The van der Waals surface area contributed by atoms with Crippen molar-refractivity contribution in [3.63, 3.8) is 0 Å². The predicted molar refractivity (Wildman–Crippen MR) is 101 cm³/mol. The molecule has 1 N–H and O–H groups in total. The van der Waals surface area contributed by atoms with Crippen LogP contribution >= 0.6 is 0 Å². The van der Waals surface area contributed by atoms with Crippen molar-refractivity contribution < 1.29 is 22.7 Å². The summed E-state index contributed by atoms with van der Waals surface area (Å²) in [6.07, 6.45) is 0.259. The van der Waals surface area contributed by atoms with Gasteiger partial charge < -0.3 is 10.1 Å². The van der Waals surface area contributed by atoms with Gasteiger partial charge in [0.2, 0.25) is 10.0 Å². The van der Waals surface area contributed by atoms with Crippen LogP contribution in [0.1, 0.15) is 15.9 Å². The van der Waals surface area contributed by atoms with E-state index in [4.69, 9.17) is 4.74 Å². The number of benzene rings is 2. The fraction of sp³-hybridized carbons (Fsp3) is 0.263. The number of rotatable bonds is 7. The Kier molecular flexibility index (Phi) is 6.70. The van der Waals surface area contributed by atoms with E-state index in [2.05, 4.69) is 5.32 Å². The lowest BCUT2D eigenvalue weighted by molar-refractivity contribution is -0.142. The molecule has 2 aromatic carbocycles. The molecule has 2 aromatic rings. The van der Waals surface area contributed by atoms with E-state index in [9.17, 15) is 18.0 Å². The molecule has 0 aliphatic carbocycles. The van der Waals surface area contributed by atoms with E-state index in [1.165, 1.54) is 45.5 Å². The number of nitrogens with one attached hydrogen (secondary N) is 1. The Balaban J connectivity index is 2.24. The zero-order chi connectivity index (χ0) is 20.0. The molecule has 0 aliphatic rings. The van der Waals surface area contributed by atoms with Crippen LogP contribution in [0, 0.1) is 0 Å². The zero-order valence-corrected chi connectivity index (χ0v) is 16.2. The lowest BCUT2D eigenvalue weighted by Gasteiger charge is -2.17. The third-order valence-corrected chi connectivity index (χ3v) is 5.76. The molecule has 1 amide bonds. The normalized spacial score (nSPS) is 12.4. The number of hydrogen-bond donors (Lipinski definition) is 1. The molecule has 7 nitrogen and oxygen atoms in total. The van der Waals surface area contributed by atoms with Crippen molar-refractivity contribution in [1.82, 2.24) is 9.62 Å². The summed E-state index contributed by atoms with van der Waals surface area (Å²) in [7, 11) is 0.401. The highest BCUT2D eigenvalue weighted by molar-refractivity contribution is 7.89. The third-order valence-electron chi connectivity index (χ3n) is 3.95. The highest BCUT2D eigenvalue weighted by Crippen LogP contribution is 2.15. The first-order valence-corrected chi connectivity index (χ1v) is 9.65. The van der Waals surface area contributed by atoms with E-state index in [0.29, 0.717) is 0 Å². The lowest BCUT2D eigenvalue weighted by atomic mass is 10.1. The minimum atomic E-state index is -3.67. The molecule has 27 heavy (non-hydrogen) atoms. The molecule has 0 heterocycles. The van der Waals surface area contributed by atoms with Gasteiger partial charge in [0.15, 0.2) is 0 Å². The van der Waals surface area contributed by atoms with Gasteiger partial charge in [-0.1, -0.05) is 36.4 Å². The highest BCUT2D eigenvalue weighted by Gasteiger charge is 2.24. The average Bonchev–Trinajstić information content (AvgIpc) is 2.67. The summed E-state index contributed by atoms with van der Waals surface area (Å²) in [5.41, 5.74) is 0.997. The zero-order valence-electron chi connectivity index (χ0n) is 15.4. The lowest BCUT2D eigenvalue weighted by Crippen LogP contribution is -2.43. The number of ether oxygens (including phenoxy) is 1. The molecule has 0 fully saturated rings. The van der Waals surface area contributed by atoms with Crippen molar-refractivity contribution in [2.75, 3.05) is 21.2 Å². The van der Waals surface area contributed by atoms with E-state index in [1.54, 1.807) is 0 Å². The van der Waals surface area contributed by atoms with E-state index >= 15 is 0 Å². The molecule has 144 valence electrons. The fourth-order valence-electron chi connectivity index (χ4n) is 2.44. The van der Waals surface area contributed by atoms with E-state index in [1.807, 2.05) is 30.3 Å². The van der Waals surface area contributed by atoms with Crippen LogP contribution in [0.4, 0.5) is 0 Å². The van der Waals surface area contributed by atoms with Crippen LogP contribution in [-0.2, 0) is 26.0 Å². The Hall–Kier alpha value is -2.71. The van der Waals surface area contributed by atoms with E-state index in [-0.39, 0.29) is 16.9 Å². The van der Waals surface area contributed by atoms with Crippen molar-refractivity contribution in [1.29, 1.82) is 0 Å². The quantitative estimate of drug-likeness (QED) is 0.723. The van der Waals surface area contributed by atoms with Gasteiger partial charge in [0.05, 0.1) is 12.0 Å². The summed E-state index contributed by atoms with van der Waals surface area (Å²) in [4.78, 5) is 24.6. The van der Waals surface area contributed by atoms with Gasteiger partial charge in [0, 0.05) is 26.1 Å². The first-order chi connectivity index (χ1) is 12.8. The molecule has 0 aromatic heterocycles. The molecule has 2 rings (SSSR count). The van der Waals surface area contributed by atoms with Crippen LogP contribution in [0.15, 0.2) is 59.5 Å². The Labute approximate surface area is 159 Å². The van der Waals surface area contributed by atoms with Gasteiger partial charge in [-0.05, 0) is 23.8 Å². The van der Waals surface area contributed by atoms with Crippen LogP contribution in [0.3, 0.4) is 0 Å². The molecule has 1 atom stereocenters. The molecule has 0 spiro atoms. The predicted octanol–water partition coefficient (Wildman–Crippen LogP) is 1.45. The number of nitrogens with zero attached hydrogens (tertiary/aromatic N) is 1. The van der Waals surface area contributed by atoms with Crippen LogP contribution in [0.25, 0.3) is 0 Å². The second-order valence-electron chi connectivity index (χ2n) is 6.05. The monoisotopic (exact) mass is 390 g/mol. The minimum absolute atomic E-state index is 0.00201. The number of amides is 1. The number of methoxy groups -OCH3 is 1. The number of hydrogen-bond acceptors (Lipinski definition) is 5. The second kappa shape index (κ2) is 8.79. The van der Waals surface area contributed by atoms with Gasteiger partial charge in [-0.2, -0.15) is 0 Å². The molecule has 0 radical (unpaired) electrons. The van der Waals surface area contributed by atoms with Crippen LogP contribution < -0.4 is 5.32 Å². The number of esters is 1. The Bertz CT molecular complexity index is 911. The summed E-state index contributed by atoms with van der Waals surface area (Å²) in [5, 5.41) is 2.62. The third kappa shape index (κ3) is 5.15. The Morgan fingerprint density at radius 3 is 2.33 bits per heavy atom. The van der Waals surface area contributed by atoms with Crippen molar-refractivity contribution in [3.8, 4) is 0 Å². The summed E-state index contributed by atoms with van der Waals surface area (Å²) in [6.45, 7) is 0. The fourth-order valence-corrected chi connectivity index (χ4v) is 3.38. The van der Waals surface area contributed by atoms with Crippen molar-refractivity contribution in [2.45, 2.75) is 17.4 Å². The van der Waals surface area contributed by atoms with E-state index in [0.717, 1.165) is 9.87 Å². The maximum absolute atomic E-state index is 12.6. The summed E-state index contributed by atoms with van der Waals surface area (Å²) >= 11 is 0. The van der Waals surface area contributed by atoms with Gasteiger partial charge >= 0.3 is 5.97 Å². The molecular formula is C19H22N2O5S. The van der Waals surface area contributed by atoms with Crippen LogP contribution in [-0.4, -0.2) is 51.8 Å². The molecule has 0 saturated carbocycles. The Morgan fingerprint density at radius 2 is 1.74 bits per heavy atom. The van der Waals surface area contributed by atoms with Gasteiger partial charge in [-0.3, -0.25) is 4.79 Å². The SMILES string of the molecule is COC(=O)[C@H](Cc1ccccc1)NC(=O)c1cccc(S(=O)(=O)N(C)C)c1. The van der Waals surface area contributed by atoms with Gasteiger partial charge in [0.25, 0.3) is 5.91 Å². The van der Waals surface area contributed by atoms with Crippen molar-refractivity contribution >= 4 is 21.9 Å². The van der Waals surface area contributed by atoms with Crippen molar-refractivity contribution in [2.24, 2.45) is 0 Å². The minimum Gasteiger partial charge on any atom is -0.467 e. The molecule has 0 bridgehead atoms. The largest absolute Gasteiger partial charge is 0.467 e. The maximum atomic E-state index is 12.6. The van der Waals surface area contributed by atoms with Crippen molar-refractivity contribution in [3.05, 3.63) is 65.7 Å². The molecule has 8 heteroatoms. The molecular weight excluding hydrogens is 368 g/mol. The number of sulfonamides is 1. The number of carbonyl (C=O) groups excluding carboxylic acids is 2. The number of carbonyl (C=O) groups is 2. The van der Waals surface area contributed by atoms with Crippen LogP contribution in [0.5, 0.6) is 0 Å². The van der Waals surface area contributed by atoms with Crippen LogP contribution in [0.2, 0.25) is 0 Å². The van der Waals surface area contributed by atoms with Gasteiger partial charge in [-0.15, -0.1) is 0 Å². The first kappa shape index (κ1) is 20.6. The molecule has 0 aliphatic heterocycles. The average molecular weight is 390 g/mol. The second-order valence-corrected chi connectivity index (χ2v) is 8.21. The Morgan fingerprint density at radius 1 is 1.07 bits per heavy atom. The van der Waals surface area contributed by atoms with Gasteiger partial charge in [-0.25, -0.2) is 17.5 Å². The topological polar surface area (TPSA) is 92.8 Å². The summed E-state index contributed by atoms with van der Waals surface area (Å²) in [6, 6.07) is 14.0. The molecule has 0 saturated heterocycles. The van der Waals surface area contributed by atoms with E-state index < -0.39 is 27.9 Å². The first-order valence-electron chi connectivity index (χ1n) is 8.21.